The van der Waals surface area contributed by atoms with Crippen LogP contribution in [0.5, 0.6) is 0 Å². The Morgan fingerprint density at radius 2 is 2.11 bits per heavy atom. The van der Waals surface area contributed by atoms with E-state index in [0.29, 0.717) is 5.92 Å². The average Bonchev–Trinajstić information content (AvgIpc) is 2.83. The van der Waals surface area contributed by atoms with Gasteiger partial charge in [-0.25, -0.2) is 4.39 Å². The van der Waals surface area contributed by atoms with Gasteiger partial charge in [0.05, 0.1) is 6.10 Å². The first kappa shape index (κ1) is 13.0. The zero-order chi connectivity index (χ0) is 13.2. The van der Waals surface area contributed by atoms with Gasteiger partial charge in [-0.2, -0.15) is 0 Å². The topological polar surface area (TPSA) is 29.5 Å². The molecule has 1 atom stereocenters. The molecule has 19 heavy (non-hydrogen) atoms. The van der Waals surface area contributed by atoms with Crippen molar-refractivity contribution in [2.75, 3.05) is 13.2 Å². The minimum absolute atomic E-state index is 0.222. The van der Waals surface area contributed by atoms with Gasteiger partial charge in [-0.1, -0.05) is 6.07 Å². The molecule has 2 aromatic rings. The molecule has 1 fully saturated rings. The zero-order valence-corrected chi connectivity index (χ0v) is 11.5. The van der Waals surface area contributed by atoms with Crippen LogP contribution < -0.4 is 0 Å². The Morgan fingerprint density at radius 3 is 2.89 bits per heavy atom. The van der Waals surface area contributed by atoms with E-state index in [4.69, 9.17) is 4.74 Å². The monoisotopic (exact) mass is 280 g/mol. The van der Waals surface area contributed by atoms with Crippen molar-refractivity contribution in [1.82, 2.24) is 0 Å². The Kier molecular flexibility index (Phi) is 3.82. The lowest BCUT2D eigenvalue weighted by Gasteiger charge is -2.23. The number of ether oxygens (including phenoxy) is 1. The van der Waals surface area contributed by atoms with Gasteiger partial charge in [0.15, 0.2) is 0 Å². The molecule has 2 heterocycles. The molecule has 0 saturated carbocycles. The molecular formula is C15H17FO2S. The van der Waals surface area contributed by atoms with E-state index in [1.54, 1.807) is 6.07 Å². The lowest BCUT2D eigenvalue weighted by Crippen LogP contribution is -2.17. The molecule has 1 N–H and O–H groups in total. The van der Waals surface area contributed by atoms with Gasteiger partial charge >= 0.3 is 0 Å². The van der Waals surface area contributed by atoms with Crippen LogP contribution in [0, 0.1) is 11.7 Å². The number of aliphatic hydroxyl groups is 1. The molecule has 0 amide bonds. The van der Waals surface area contributed by atoms with Crippen molar-refractivity contribution in [1.29, 1.82) is 0 Å². The minimum Gasteiger partial charge on any atom is -0.388 e. The molecule has 4 heteroatoms. The third-order valence-electron chi connectivity index (χ3n) is 3.73. The lowest BCUT2D eigenvalue weighted by atomic mass is 9.93. The fourth-order valence-corrected chi connectivity index (χ4v) is 3.69. The SMILES string of the molecule is OC(CC1CCOCC1)c1cc2ccc(F)cc2s1. The summed E-state index contributed by atoms with van der Waals surface area (Å²) < 4.78 is 19.4. The van der Waals surface area contributed by atoms with E-state index in [-0.39, 0.29) is 5.82 Å². The van der Waals surface area contributed by atoms with Gasteiger partial charge in [0.25, 0.3) is 0 Å². The van der Waals surface area contributed by atoms with E-state index in [0.717, 1.165) is 47.4 Å². The summed E-state index contributed by atoms with van der Waals surface area (Å²) in [6.45, 7) is 1.60. The highest BCUT2D eigenvalue weighted by Crippen LogP contribution is 2.34. The molecule has 0 aliphatic carbocycles. The van der Waals surface area contributed by atoms with E-state index in [2.05, 4.69) is 0 Å². The summed E-state index contributed by atoms with van der Waals surface area (Å²) in [5.41, 5.74) is 0. The van der Waals surface area contributed by atoms with E-state index in [1.165, 1.54) is 23.5 Å². The quantitative estimate of drug-likeness (QED) is 0.924. The molecule has 0 radical (unpaired) electrons. The van der Waals surface area contributed by atoms with Crippen LogP contribution in [0.25, 0.3) is 10.1 Å². The third-order valence-corrected chi connectivity index (χ3v) is 4.93. The maximum Gasteiger partial charge on any atom is 0.124 e. The standard InChI is InChI=1S/C15H17FO2S/c16-12-2-1-11-8-15(19-14(11)9-12)13(17)7-10-3-5-18-6-4-10/h1-2,8-10,13,17H,3-7H2. The van der Waals surface area contributed by atoms with Gasteiger partial charge in [-0.05, 0) is 48.8 Å². The average molecular weight is 280 g/mol. The molecule has 3 rings (SSSR count). The van der Waals surface area contributed by atoms with Crippen molar-refractivity contribution in [3.63, 3.8) is 0 Å². The summed E-state index contributed by atoms with van der Waals surface area (Å²) >= 11 is 1.49. The summed E-state index contributed by atoms with van der Waals surface area (Å²) in [5.74, 6) is 0.311. The summed E-state index contributed by atoms with van der Waals surface area (Å²) in [6, 6.07) is 6.74. The van der Waals surface area contributed by atoms with Crippen LogP contribution in [-0.2, 0) is 4.74 Å². The largest absolute Gasteiger partial charge is 0.388 e. The Bertz CT molecular complexity index is 560. The van der Waals surface area contributed by atoms with Gasteiger partial charge < -0.3 is 9.84 Å². The molecule has 1 aliphatic heterocycles. The van der Waals surface area contributed by atoms with Crippen LogP contribution >= 0.6 is 11.3 Å². The first-order valence-electron chi connectivity index (χ1n) is 6.67. The second-order valence-electron chi connectivity index (χ2n) is 5.14. The van der Waals surface area contributed by atoms with Crippen LogP contribution in [-0.4, -0.2) is 18.3 Å². The number of aliphatic hydroxyl groups excluding tert-OH is 1. The number of hydrogen-bond acceptors (Lipinski definition) is 3. The molecule has 1 aromatic carbocycles. The Morgan fingerprint density at radius 1 is 1.32 bits per heavy atom. The number of rotatable bonds is 3. The number of halogens is 1. The Labute approximate surface area is 115 Å². The second-order valence-corrected chi connectivity index (χ2v) is 6.25. The molecule has 1 unspecified atom stereocenters. The van der Waals surface area contributed by atoms with Crippen LogP contribution in [0.1, 0.15) is 30.2 Å². The fourth-order valence-electron chi connectivity index (χ4n) is 2.60. The van der Waals surface area contributed by atoms with Gasteiger partial charge in [0.2, 0.25) is 0 Å². The van der Waals surface area contributed by atoms with Gasteiger partial charge in [-0.3, -0.25) is 0 Å². The first-order valence-corrected chi connectivity index (χ1v) is 7.49. The van der Waals surface area contributed by atoms with Crippen molar-refractivity contribution < 1.29 is 14.2 Å². The maximum absolute atomic E-state index is 13.1. The Balaban J connectivity index is 1.75. The number of fused-ring (bicyclic) bond motifs is 1. The molecule has 0 spiro atoms. The summed E-state index contributed by atoms with van der Waals surface area (Å²) in [6.07, 6.45) is 2.38. The second kappa shape index (κ2) is 5.57. The minimum atomic E-state index is -0.441. The molecule has 2 nitrogen and oxygen atoms in total. The van der Waals surface area contributed by atoms with E-state index in [9.17, 15) is 9.50 Å². The summed E-state index contributed by atoms with van der Waals surface area (Å²) in [5, 5.41) is 11.3. The zero-order valence-electron chi connectivity index (χ0n) is 10.6. The van der Waals surface area contributed by atoms with E-state index < -0.39 is 6.10 Å². The smallest absolute Gasteiger partial charge is 0.124 e. The number of hydrogen-bond donors (Lipinski definition) is 1. The van der Waals surface area contributed by atoms with Gasteiger partial charge in [0.1, 0.15) is 5.82 Å². The highest BCUT2D eigenvalue weighted by Gasteiger charge is 2.20. The Hall–Kier alpha value is -0.970. The molecular weight excluding hydrogens is 263 g/mol. The van der Waals surface area contributed by atoms with Crippen LogP contribution in [0.2, 0.25) is 0 Å². The maximum atomic E-state index is 13.1. The highest BCUT2D eigenvalue weighted by molar-refractivity contribution is 7.19. The van der Waals surface area contributed by atoms with Crippen molar-refractivity contribution >= 4 is 21.4 Å². The highest BCUT2D eigenvalue weighted by atomic mass is 32.1. The van der Waals surface area contributed by atoms with Crippen molar-refractivity contribution in [2.45, 2.75) is 25.4 Å². The molecule has 0 bridgehead atoms. The van der Waals surface area contributed by atoms with E-state index in [1.807, 2.05) is 6.07 Å². The summed E-state index contributed by atoms with van der Waals surface area (Å²) in [7, 11) is 0. The van der Waals surface area contributed by atoms with Gasteiger partial charge in [0, 0.05) is 22.8 Å². The summed E-state index contributed by atoms with van der Waals surface area (Å²) in [4.78, 5) is 0.937. The van der Waals surface area contributed by atoms with Crippen molar-refractivity contribution in [3.05, 3.63) is 35.0 Å². The molecule has 1 aliphatic rings. The predicted molar refractivity (Wildman–Crippen MR) is 74.9 cm³/mol. The van der Waals surface area contributed by atoms with Crippen LogP contribution in [0.15, 0.2) is 24.3 Å². The van der Waals surface area contributed by atoms with Crippen molar-refractivity contribution in [3.8, 4) is 0 Å². The number of benzene rings is 1. The van der Waals surface area contributed by atoms with Crippen molar-refractivity contribution in [2.24, 2.45) is 5.92 Å². The number of thiophene rings is 1. The predicted octanol–water partition coefficient (Wildman–Crippen LogP) is 3.89. The molecule has 1 aromatic heterocycles. The van der Waals surface area contributed by atoms with Crippen LogP contribution in [0.3, 0.4) is 0 Å². The third kappa shape index (κ3) is 2.96. The first-order chi connectivity index (χ1) is 9.22. The van der Waals surface area contributed by atoms with Crippen LogP contribution in [0.4, 0.5) is 4.39 Å². The molecule has 1 saturated heterocycles. The van der Waals surface area contributed by atoms with Gasteiger partial charge in [-0.15, -0.1) is 11.3 Å². The lowest BCUT2D eigenvalue weighted by molar-refractivity contribution is 0.0442. The fraction of sp³-hybridized carbons (Fsp3) is 0.467. The van der Waals surface area contributed by atoms with E-state index >= 15 is 0 Å². The molecule has 102 valence electrons. The normalized spacial score (nSPS) is 18.8.